The molecule has 4 aliphatic rings. The Kier molecular flexibility index (Phi) is 8.84. The number of aromatic nitrogens is 2. The Morgan fingerprint density at radius 3 is 1.71 bits per heavy atom. The van der Waals surface area contributed by atoms with E-state index in [9.17, 15) is 0 Å². The average Bonchev–Trinajstić information content (AvgIpc) is 4.11. The SMILES string of the molecule is CCOC1(c2ccc[nH]2)OC2=CC1C(c1ccccc1)=C1C=CC(=N1)C(c1ccc(C)cc1)=c1ccc([nH]1)=C(c1ccc(C)cc1)C1=NC(=C2c2ccccc2)C=C1. The molecule has 0 radical (unpaired) electrons. The number of aromatic amines is 2. The second-order valence-corrected chi connectivity index (χ2v) is 15.0. The molecular weight excluding hydrogens is 713 g/mol. The monoisotopic (exact) mass is 754 g/mol. The predicted molar refractivity (Wildman–Crippen MR) is 234 cm³/mol. The quantitative estimate of drug-likeness (QED) is 0.170. The molecule has 6 nitrogen and oxygen atoms in total. The van der Waals surface area contributed by atoms with Gasteiger partial charge in [0.2, 0.25) is 0 Å². The number of H-pyrrole nitrogens is 2. The first-order chi connectivity index (χ1) is 28.5. The molecule has 2 unspecified atom stereocenters. The fraction of sp³-hybridized carbons (Fsp3) is 0.115. The summed E-state index contributed by atoms with van der Waals surface area (Å²) in [5.41, 5.74) is 14.6. The molecule has 8 bridgehead atoms. The maximum atomic E-state index is 7.37. The summed E-state index contributed by atoms with van der Waals surface area (Å²) >= 11 is 0. The average molecular weight is 755 g/mol. The highest BCUT2D eigenvalue weighted by atomic mass is 16.7. The molecule has 2 N–H and O–H groups in total. The van der Waals surface area contributed by atoms with Crippen molar-refractivity contribution >= 4 is 33.7 Å². The van der Waals surface area contributed by atoms with Crippen molar-refractivity contribution in [2.75, 3.05) is 6.61 Å². The van der Waals surface area contributed by atoms with Crippen LogP contribution >= 0.6 is 0 Å². The van der Waals surface area contributed by atoms with E-state index in [1.807, 2.05) is 37.4 Å². The number of benzene rings is 4. The Morgan fingerprint density at radius 1 is 0.586 bits per heavy atom. The van der Waals surface area contributed by atoms with Gasteiger partial charge in [-0.25, -0.2) is 9.98 Å². The topological polar surface area (TPSA) is 74.8 Å². The van der Waals surface area contributed by atoms with E-state index in [1.54, 1.807) is 0 Å². The van der Waals surface area contributed by atoms with Crippen LogP contribution < -0.4 is 10.7 Å². The third-order valence-corrected chi connectivity index (χ3v) is 11.3. The number of fused-ring (bicyclic) bond motifs is 5. The van der Waals surface area contributed by atoms with Crippen molar-refractivity contribution in [2.24, 2.45) is 15.9 Å². The van der Waals surface area contributed by atoms with Crippen molar-refractivity contribution in [3.05, 3.63) is 237 Å². The first-order valence-corrected chi connectivity index (χ1v) is 19.9. The normalized spacial score (nSPS) is 19.8. The second kappa shape index (κ2) is 14.5. The van der Waals surface area contributed by atoms with Crippen molar-refractivity contribution in [3.63, 3.8) is 0 Å². The minimum Gasteiger partial charge on any atom is -0.455 e. The molecule has 10 rings (SSSR count). The first kappa shape index (κ1) is 35.4. The molecule has 2 aromatic heterocycles. The molecule has 6 heterocycles. The predicted octanol–water partition coefficient (Wildman–Crippen LogP) is 9.64. The molecular formula is C52H42N4O2. The summed E-state index contributed by atoms with van der Waals surface area (Å²) in [5, 5.41) is 1.93. The maximum absolute atomic E-state index is 7.37. The minimum atomic E-state index is -1.25. The van der Waals surface area contributed by atoms with Crippen LogP contribution in [0, 0.1) is 19.8 Å². The number of ether oxygens (including phenoxy) is 2. The molecule has 58 heavy (non-hydrogen) atoms. The largest absolute Gasteiger partial charge is 0.455 e. The molecule has 6 aromatic rings. The van der Waals surface area contributed by atoms with Gasteiger partial charge < -0.3 is 19.4 Å². The van der Waals surface area contributed by atoms with E-state index in [1.165, 1.54) is 11.1 Å². The Hall–Kier alpha value is -7.02. The standard InChI is InChI=1S/C52H42N4O2/c1-4-57-52(47-16-11-31-53-47)39-32-46(58-52)51(36-14-9-6-10-15-36)45-30-29-44(56-45)50(38-23-19-34(3)20-24-38)43-28-27-42(55-43)49(37-21-17-33(2)18-22-37)41-26-25-40(54-41)48(39)35-12-7-5-8-13-35/h5-32,39,53,55H,4H2,1-3H3. The summed E-state index contributed by atoms with van der Waals surface area (Å²) in [4.78, 5) is 18.4. The van der Waals surface area contributed by atoms with Crippen molar-refractivity contribution in [2.45, 2.75) is 26.6 Å². The lowest BCUT2D eigenvalue weighted by Gasteiger charge is -2.35. The molecule has 0 aliphatic carbocycles. The zero-order chi connectivity index (χ0) is 39.2. The van der Waals surface area contributed by atoms with Gasteiger partial charge in [-0.3, -0.25) is 0 Å². The molecule has 6 heteroatoms. The van der Waals surface area contributed by atoms with Crippen molar-refractivity contribution in [3.8, 4) is 0 Å². The van der Waals surface area contributed by atoms with Gasteiger partial charge in [-0.1, -0.05) is 120 Å². The van der Waals surface area contributed by atoms with Crippen LogP contribution in [0.3, 0.4) is 0 Å². The van der Waals surface area contributed by atoms with E-state index in [4.69, 9.17) is 19.5 Å². The number of allylic oxidation sites excluding steroid dienone is 5. The molecule has 2 atom stereocenters. The fourth-order valence-corrected chi connectivity index (χ4v) is 8.54. The van der Waals surface area contributed by atoms with Gasteiger partial charge in [-0.2, -0.15) is 0 Å². The van der Waals surface area contributed by atoms with Gasteiger partial charge in [-0.15, -0.1) is 0 Å². The number of aliphatic imine (C=N–C) groups is 2. The lowest BCUT2D eigenvalue weighted by Crippen LogP contribution is -2.38. The van der Waals surface area contributed by atoms with Crippen LogP contribution in [-0.2, 0) is 15.3 Å². The van der Waals surface area contributed by atoms with Gasteiger partial charge >= 0.3 is 0 Å². The molecule has 0 fully saturated rings. The van der Waals surface area contributed by atoms with Crippen LogP contribution in [0.25, 0.3) is 22.3 Å². The molecule has 0 saturated carbocycles. The molecule has 0 spiro atoms. The summed E-state index contributed by atoms with van der Waals surface area (Å²) in [6.07, 6.45) is 12.7. The van der Waals surface area contributed by atoms with Gasteiger partial charge in [-0.05, 0) is 103 Å². The molecule has 0 saturated heterocycles. The third-order valence-electron chi connectivity index (χ3n) is 11.3. The molecule has 0 amide bonds. The van der Waals surface area contributed by atoms with E-state index in [-0.39, 0.29) is 0 Å². The number of hydrogen-bond donors (Lipinski definition) is 2. The van der Waals surface area contributed by atoms with Crippen LogP contribution in [0.2, 0.25) is 0 Å². The van der Waals surface area contributed by atoms with E-state index in [2.05, 4.69) is 163 Å². The lowest BCUT2D eigenvalue weighted by molar-refractivity contribution is -0.222. The summed E-state index contributed by atoms with van der Waals surface area (Å²) in [5.74, 6) is -0.998. The minimum absolute atomic E-state index is 0.410. The summed E-state index contributed by atoms with van der Waals surface area (Å²) in [6.45, 7) is 6.66. The second-order valence-electron chi connectivity index (χ2n) is 15.0. The maximum Gasteiger partial charge on any atom is 0.262 e. The number of aryl methyl sites for hydroxylation is 2. The number of rotatable bonds is 7. The van der Waals surface area contributed by atoms with E-state index < -0.39 is 11.7 Å². The number of nitrogens with one attached hydrogen (secondary N) is 2. The first-order valence-electron chi connectivity index (χ1n) is 19.9. The van der Waals surface area contributed by atoms with Gasteiger partial charge in [0.15, 0.2) is 0 Å². The van der Waals surface area contributed by atoms with E-state index in [0.717, 1.165) is 83.8 Å². The van der Waals surface area contributed by atoms with Crippen LogP contribution in [0.1, 0.15) is 46.0 Å². The molecule has 282 valence electrons. The van der Waals surface area contributed by atoms with Crippen molar-refractivity contribution in [1.29, 1.82) is 0 Å². The van der Waals surface area contributed by atoms with Crippen LogP contribution in [0.4, 0.5) is 0 Å². The van der Waals surface area contributed by atoms with Crippen molar-refractivity contribution < 1.29 is 9.47 Å². The van der Waals surface area contributed by atoms with E-state index in [0.29, 0.717) is 12.4 Å². The summed E-state index contributed by atoms with van der Waals surface area (Å²) < 4.78 is 14.3. The van der Waals surface area contributed by atoms with Crippen LogP contribution in [0.15, 0.2) is 197 Å². The highest BCUT2D eigenvalue weighted by Crippen LogP contribution is 2.53. The summed E-state index contributed by atoms with van der Waals surface area (Å²) in [6, 6.07) is 46.6. The zero-order valence-electron chi connectivity index (χ0n) is 32.7. The van der Waals surface area contributed by atoms with Gasteiger partial charge in [0.05, 0.1) is 34.4 Å². The summed E-state index contributed by atoms with van der Waals surface area (Å²) in [7, 11) is 0. The Morgan fingerprint density at radius 2 is 1.14 bits per heavy atom. The zero-order valence-corrected chi connectivity index (χ0v) is 32.7. The van der Waals surface area contributed by atoms with Gasteiger partial charge in [0.1, 0.15) is 5.76 Å². The van der Waals surface area contributed by atoms with Crippen molar-refractivity contribution in [1.82, 2.24) is 9.97 Å². The Balaban J connectivity index is 1.36. The smallest absolute Gasteiger partial charge is 0.262 e. The van der Waals surface area contributed by atoms with Crippen LogP contribution in [-0.4, -0.2) is 28.0 Å². The Labute approximate surface area is 338 Å². The molecule has 4 aromatic carbocycles. The van der Waals surface area contributed by atoms with Gasteiger partial charge in [0, 0.05) is 40.2 Å². The third kappa shape index (κ3) is 6.10. The van der Waals surface area contributed by atoms with E-state index >= 15 is 0 Å². The Bertz CT molecular complexity index is 2900. The highest BCUT2D eigenvalue weighted by Gasteiger charge is 2.52. The number of nitrogens with zero attached hydrogens (tertiary/aromatic N) is 2. The highest BCUT2D eigenvalue weighted by molar-refractivity contribution is 6.31. The lowest BCUT2D eigenvalue weighted by atomic mass is 9.83. The molecule has 4 aliphatic heterocycles. The van der Waals surface area contributed by atoms with Gasteiger partial charge in [0.25, 0.3) is 5.79 Å². The fourth-order valence-electron chi connectivity index (χ4n) is 8.54. The van der Waals surface area contributed by atoms with Crippen LogP contribution in [0.5, 0.6) is 0 Å². The number of hydrogen-bond acceptors (Lipinski definition) is 4.